The van der Waals surface area contributed by atoms with Gasteiger partial charge in [0.05, 0.1) is 12.2 Å². The first-order valence-electron chi connectivity index (χ1n) is 4.39. The number of hydrogen-bond donors (Lipinski definition) is 0. The highest BCUT2D eigenvalue weighted by Gasteiger charge is 2.18. The molecule has 1 aromatic rings. The van der Waals surface area contributed by atoms with Crippen LogP contribution in [0.4, 0.5) is 4.79 Å². The molecule has 1 amide bonds. The Kier molecular flexibility index (Phi) is 2.44. The zero-order valence-electron chi connectivity index (χ0n) is 7.59. The molecule has 2 heterocycles. The first-order valence-corrected chi connectivity index (χ1v) is 4.39. The molecule has 1 aromatic heterocycles. The maximum Gasteiger partial charge on any atom is 0.413 e. The van der Waals surface area contributed by atoms with E-state index in [1.165, 1.54) is 4.90 Å². The molecule has 1 saturated heterocycles. The van der Waals surface area contributed by atoms with E-state index < -0.39 is 0 Å². The van der Waals surface area contributed by atoms with Gasteiger partial charge in [0.25, 0.3) is 0 Å². The summed E-state index contributed by atoms with van der Waals surface area (Å²) in [6.07, 6.45) is 4.89. The van der Waals surface area contributed by atoms with E-state index in [2.05, 4.69) is 4.98 Å². The van der Waals surface area contributed by atoms with E-state index in [9.17, 15) is 4.79 Å². The Labute approximate surface area is 81.8 Å². The lowest BCUT2D eigenvalue weighted by Gasteiger charge is -2.03. The van der Waals surface area contributed by atoms with Crippen LogP contribution in [0.25, 0.3) is 6.08 Å². The average Bonchev–Trinajstić information content (AvgIpc) is 2.63. The zero-order chi connectivity index (χ0) is 9.80. The van der Waals surface area contributed by atoms with E-state index in [1.807, 2.05) is 18.2 Å². The highest BCUT2D eigenvalue weighted by atomic mass is 16.6. The Balaban J connectivity index is 2.03. The average molecular weight is 190 g/mol. The Morgan fingerprint density at radius 3 is 3.07 bits per heavy atom. The molecule has 0 N–H and O–H groups in total. The summed E-state index contributed by atoms with van der Waals surface area (Å²) in [4.78, 5) is 16.6. The topological polar surface area (TPSA) is 42.4 Å². The van der Waals surface area contributed by atoms with Crippen LogP contribution in [0.15, 0.2) is 30.6 Å². The summed E-state index contributed by atoms with van der Waals surface area (Å²) in [6.45, 7) is 1.08. The summed E-state index contributed by atoms with van der Waals surface area (Å²) < 4.78 is 4.77. The third kappa shape index (κ3) is 1.90. The van der Waals surface area contributed by atoms with E-state index in [4.69, 9.17) is 4.74 Å². The number of ether oxygens (including phenoxy) is 1. The monoisotopic (exact) mass is 190 g/mol. The molecule has 4 heteroatoms. The van der Waals surface area contributed by atoms with Crippen LogP contribution in [-0.2, 0) is 4.74 Å². The number of pyridine rings is 1. The second-order valence-corrected chi connectivity index (χ2v) is 2.88. The third-order valence-electron chi connectivity index (χ3n) is 1.91. The van der Waals surface area contributed by atoms with Gasteiger partial charge in [0.15, 0.2) is 0 Å². The highest BCUT2D eigenvalue weighted by molar-refractivity contribution is 5.71. The van der Waals surface area contributed by atoms with Gasteiger partial charge < -0.3 is 4.74 Å². The second kappa shape index (κ2) is 3.91. The van der Waals surface area contributed by atoms with Crippen LogP contribution in [-0.4, -0.2) is 29.1 Å². The van der Waals surface area contributed by atoms with Crippen molar-refractivity contribution >= 4 is 12.2 Å². The number of rotatable bonds is 2. The Morgan fingerprint density at radius 2 is 2.43 bits per heavy atom. The lowest BCUT2D eigenvalue weighted by Crippen LogP contribution is -2.16. The number of carbonyl (C=O) groups is 1. The molecule has 1 aliphatic rings. The first kappa shape index (κ1) is 8.74. The van der Waals surface area contributed by atoms with Crippen molar-refractivity contribution in [3.63, 3.8) is 0 Å². The van der Waals surface area contributed by atoms with Gasteiger partial charge >= 0.3 is 6.09 Å². The van der Waals surface area contributed by atoms with Gasteiger partial charge in [-0.3, -0.25) is 9.88 Å². The van der Waals surface area contributed by atoms with Crippen molar-refractivity contribution in [1.29, 1.82) is 0 Å². The Morgan fingerprint density at radius 1 is 1.50 bits per heavy atom. The van der Waals surface area contributed by atoms with Crippen LogP contribution in [0.5, 0.6) is 0 Å². The summed E-state index contributed by atoms with van der Waals surface area (Å²) in [5.74, 6) is 0. The third-order valence-corrected chi connectivity index (χ3v) is 1.91. The molecule has 1 aliphatic heterocycles. The quantitative estimate of drug-likeness (QED) is 0.709. The van der Waals surface area contributed by atoms with E-state index in [1.54, 1.807) is 18.5 Å². The maximum absolute atomic E-state index is 11.0. The summed E-state index contributed by atoms with van der Waals surface area (Å²) >= 11 is 0. The van der Waals surface area contributed by atoms with Crippen molar-refractivity contribution in [1.82, 2.24) is 9.88 Å². The van der Waals surface area contributed by atoms with Crippen LogP contribution >= 0.6 is 0 Å². The van der Waals surface area contributed by atoms with E-state index >= 15 is 0 Å². The van der Waals surface area contributed by atoms with Gasteiger partial charge in [-0.2, -0.15) is 0 Å². The van der Waals surface area contributed by atoms with Crippen molar-refractivity contribution in [2.24, 2.45) is 0 Å². The predicted octanol–water partition coefficient (Wildman–Crippen LogP) is 1.50. The van der Waals surface area contributed by atoms with Gasteiger partial charge in [-0.25, -0.2) is 4.79 Å². The molecular formula is C10H10N2O2. The fraction of sp³-hybridized carbons (Fsp3) is 0.200. The van der Waals surface area contributed by atoms with Crippen LogP contribution in [0, 0.1) is 0 Å². The molecule has 0 saturated carbocycles. The minimum absolute atomic E-state index is 0.294. The zero-order valence-corrected chi connectivity index (χ0v) is 7.59. The summed E-state index contributed by atoms with van der Waals surface area (Å²) in [6, 6.07) is 5.62. The first-order chi connectivity index (χ1) is 6.86. The summed E-state index contributed by atoms with van der Waals surface area (Å²) in [5.41, 5.74) is 0.826. The van der Waals surface area contributed by atoms with Crippen LogP contribution in [0.1, 0.15) is 5.69 Å². The van der Waals surface area contributed by atoms with Gasteiger partial charge in [0.1, 0.15) is 6.61 Å². The lowest BCUT2D eigenvalue weighted by molar-refractivity contribution is 0.166. The van der Waals surface area contributed by atoms with Gasteiger partial charge in [0.2, 0.25) is 0 Å². The minimum atomic E-state index is -0.294. The highest BCUT2D eigenvalue weighted by Crippen LogP contribution is 2.05. The molecule has 0 aliphatic carbocycles. The molecule has 2 rings (SSSR count). The van der Waals surface area contributed by atoms with Crippen LogP contribution < -0.4 is 0 Å². The largest absolute Gasteiger partial charge is 0.447 e. The molecule has 0 spiro atoms. The maximum atomic E-state index is 11.0. The van der Waals surface area contributed by atoms with Gasteiger partial charge in [-0.15, -0.1) is 0 Å². The Hall–Kier alpha value is -1.84. The van der Waals surface area contributed by atoms with Crippen molar-refractivity contribution in [2.75, 3.05) is 13.2 Å². The minimum Gasteiger partial charge on any atom is -0.447 e. The predicted molar refractivity (Wildman–Crippen MR) is 51.3 cm³/mol. The van der Waals surface area contributed by atoms with Crippen molar-refractivity contribution in [3.05, 3.63) is 36.3 Å². The molecule has 72 valence electrons. The fourth-order valence-electron chi connectivity index (χ4n) is 1.18. The van der Waals surface area contributed by atoms with Crippen LogP contribution in [0.3, 0.4) is 0 Å². The van der Waals surface area contributed by atoms with Gasteiger partial charge in [-0.1, -0.05) is 6.07 Å². The summed E-state index contributed by atoms with van der Waals surface area (Å²) in [5, 5.41) is 0. The molecule has 0 radical (unpaired) electrons. The number of nitrogens with zero attached hydrogens (tertiary/aromatic N) is 2. The standard InChI is InChI=1S/C10H10N2O2/c13-10-12(7-8-14-10)6-4-9-3-1-2-5-11-9/h1-6H,7-8H2. The van der Waals surface area contributed by atoms with Crippen molar-refractivity contribution in [2.45, 2.75) is 0 Å². The van der Waals surface area contributed by atoms with E-state index in [0.29, 0.717) is 13.2 Å². The fourth-order valence-corrected chi connectivity index (χ4v) is 1.18. The number of hydrogen-bond acceptors (Lipinski definition) is 3. The lowest BCUT2D eigenvalue weighted by atomic mass is 10.3. The smallest absolute Gasteiger partial charge is 0.413 e. The summed E-state index contributed by atoms with van der Waals surface area (Å²) in [7, 11) is 0. The normalized spacial score (nSPS) is 16.3. The number of amides is 1. The number of cyclic esters (lactones) is 1. The number of carbonyl (C=O) groups excluding carboxylic acids is 1. The molecule has 0 atom stereocenters. The SMILES string of the molecule is O=C1OCCN1C=Cc1ccccn1. The van der Waals surface area contributed by atoms with E-state index in [0.717, 1.165) is 5.69 Å². The number of aromatic nitrogens is 1. The van der Waals surface area contributed by atoms with Crippen molar-refractivity contribution < 1.29 is 9.53 Å². The van der Waals surface area contributed by atoms with Gasteiger partial charge in [0, 0.05) is 12.4 Å². The molecular weight excluding hydrogens is 180 g/mol. The van der Waals surface area contributed by atoms with Gasteiger partial charge in [-0.05, 0) is 18.2 Å². The van der Waals surface area contributed by atoms with Crippen molar-refractivity contribution in [3.8, 4) is 0 Å². The Bertz CT molecular complexity index is 348. The van der Waals surface area contributed by atoms with E-state index in [-0.39, 0.29) is 6.09 Å². The molecule has 0 unspecified atom stereocenters. The molecule has 0 aromatic carbocycles. The molecule has 0 bridgehead atoms. The second-order valence-electron chi connectivity index (χ2n) is 2.88. The molecule has 4 nitrogen and oxygen atoms in total. The van der Waals surface area contributed by atoms with Crippen LogP contribution in [0.2, 0.25) is 0 Å². The molecule has 14 heavy (non-hydrogen) atoms. The molecule has 1 fully saturated rings.